The van der Waals surface area contributed by atoms with Gasteiger partial charge in [-0.3, -0.25) is 0 Å². The Morgan fingerprint density at radius 2 is 1.79 bits per heavy atom. The van der Waals surface area contributed by atoms with Crippen molar-refractivity contribution in [2.75, 3.05) is 13.2 Å². The maximum Gasteiger partial charge on any atom is 0.410 e. The van der Waals surface area contributed by atoms with E-state index in [2.05, 4.69) is 40.8 Å². The van der Waals surface area contributed by atoms with Gasteiger partial charge in [-0.25, -0.2) is 4.79 Å². The van der Waals surface area contributed by atoms with Gasteiger partial charge in [-0.2, -0.15) is 0 Å². The molecule has 2 N–H and O–H groups in total. The van der Waals surface area contributed by atoms with Gasteiger partial charge in [0.2, 0.25) is 0 Å². The van der Waals surface area contributed by atoms with E-state index in [1.54, 1.807) is 4.90 Å². The highest BCUT2D eigenvalue weighted by molar-refractivity contribution is 6.74. The van der Waals surface area contributed by atoms with Crippen molar-refractivity contribution in [1.29, 1.82) is 0 Å². The molecule has 1 aliphatic rings. The summed E-state index contributed by atoms with van der Waals surface area (Å²) in [6.45, 7) is 20.8. The van der Waals surface area contributed by atoms with Crippen LogP contribution in [-0.4, -0.2) is 66.5 Å². The van der Waals surface area contributed by atoms with Gasteiger partial charge in [0.25, 0.3) is 0 Å². The molecule has 3 unspecified atom stereocenters. The molecule has 4 atom stereocenters. The Hall–Kier alpha value is -0.633. The van der Waals surface area contributed by atoms with Crippen LogP contribution in [0.5, 0.6) is 0 Å². The first-order valence-corrected chi connectivity index (χ1v) is 13.9. The lowest BCUT2D eigenvalue weighted by Gasteiger charge is -2.49. The van der Waals surface area contributed by atoms with Crippen molar-refractivity contribution in [2.45, 2.75) is 117 Å². The van der Waals surface area contributed by atoms with Crippen LogP contribution in [0.4, 0.5) is 4.79 Å². The molecule has 1 amide bonds. The normalized spacial score (nSPS) is 26.2. The van der Waals surface area contributed by atoms with E-state index < -0.39 is 38.3 Å². The summed E-state index contributed by atoms with van der Waals surface area (Å²) in [6, 6.07) is -0.453. The third-order valence-corrected chi connectivity index (χ3v) is 11.4. The molecule has 1 aliphatic heterocycles. The molecular weight excluding hydrogens is 386 g/mol. The average molecular weight is 432 g/mol. The largest absolute Gasteiger partial charge is 0.444 e. The Bertz CT molecular complexity index is 548. The van der Waals surface area contributed by atoms with Crippen LogP contribution < -0.4 is 0 Å². The van der Waals surface area contributed by atoms with Gasteiger partial charge in [-0.1, -0.05) is 27.7 Å². The summed E-state index contributed by atoms with van der Waals surface area (Å²) in [5, 5.41) is 21.3. The van der Waals surface area contributed by atoms with Crippen LogP contribution in [-0.2, 0) is 9.16 Å². The number of hydrogen-bond acceptors (Lipinski definition) is 5. The zero-order valence-electron chi connectivity index (χ0n) is 20.3. The maximum atomic E-state index is 12.9. The Morgan fingerprint density at radius 1 is 1.24 bits per heavy atom. The van der Waals surface area contributed by atoms with Crippen LogP contribution in [0.1, 0.15) is 74.7 Å². The summed E-state index contributed by atoms with van der Waals surface area (Å²) < 4.78 is 12.0. The fraction of sp³-hybridized carbons (Fsp3) is 0.955. The molecule has 7 heteroatoms. The van der Waals surface area contributed by atoms with Gasteiger partial charge in [-0.15, -0.1) is 0 Å². The predicted octanol–water partition coefficient (Wildman–Crippen LogP) is 4.55. The van der Waals surface area contributed by atoms with Gasteiger partial charge in [0.15, 0.2) is 8.32 Å². The molecule has 0 bridgehead atoms. The van der Waals surface area contributed by atoms with Crippen LogP contribution in [0.2, 0.25) is 18.1 Å². The molecule has 0 spiro atoms. The Balaban J connectivity index is 3.13. The molecular formula is C22H45NO5Si. The maximum absolute atomic E-state index is 12.9. The van der Waals surface area contributed by atoms with Crippen LogP contribution in [0, 0.1) is 5.41 Å². The number of ether oxygens (including phenoxy) is 1. The van der Waals surface area contributed by atoms with Gasteiger partial charge in [0.05, 0.1) is 18.2 Å². The lowest BCUT2D eigenvalue weighted by molar-refractivity contribution is -0.0799. The first kappa shape index (κ1) is 26.4. The van der Waals surface area contributed by atoms with E-state index in [9.17, 15) is 15.0 Å². The average Bonchev–Trinajstić information content (AvgIpc) is 2.57. The summed E-state index contributed by atoms with van der Waals surface area (Å²) in [6.07, 6.45) is 0.341. The van der Waals surface area contributed by atoms with Crippen LogP contribution in [0.15, 0.2) is 0 Å². The van der Waals surface area contributed by atoms with Crippen molar-refractivity contribution in [1.82, 2.24) is 4.90 Å². The number of piperidine rings is 1. The van der Waals surface area contributed by atoms with Gasteiger partial charge >= 0.3 is 6.09 Å². The van der Waals surface area contributed by atoms with E-state index in [0.717, 1.165) is 6.42 Å². The molecule has 0 aliphatic carbocycles. The molecule has 0 aromatic heterocycles. The molecule has 0 aromatic rings. The van der Waals surface area contributed by atoms with Crippen molar-refractivity contribution in [3.8, 4) is 0 Å². The van der Waals surface area contributed by atoms with Crippen molar-refractivity contribution in [2.24, 2.45) is 5.41 Å². The molecule has 1 rings (SSSR count). The Morgan fingerprint density at radius 3 is 2.21 bits per heavy atom. The highest BCUT2D eigenvalue weighted by atomic mass is 28.4. The summed E-state index contributed by atoms with van der Waals surface area (Å²) in [4.78, 5) is 14.5. The highest BCUT2D eigenvalue weighted by Crippen LogP contribution is 2.41. The van der Waals surface area contributed by atoms with Crippen molar-refractivity contribution < 1.29 is 24.2 Å². The predicted molar refractivity (Wildman–Crippen MR) is 120 cm³/mol. The molecule has 172 valence electrons. The van der Waals surface area contributed by atoms with Gasteiger partial charge in [0.1, 0.15) is 5.60 Å². The second-order valence-corrected chi connectivity index (χ2v) is 16.0. The molecule has 1 saturated heterocycles. The van der Waals surface area contributed by atoms with E-state index >= 15 is 0 Å². The Labute approximate surface area is 179 Å². The molecule has 6 nitrogen and oxygen atoms in total. The van der Waals surface area contributed by atoms with E-state index in [-0.39, 0.29) is 17.1 Å². The summed E-state index contributed by atoms with van der Waals surface area (Å²) in [5.41, 5.74) is -0.896. The number of carbonyl (C=O) groups excluding carboxylic acids is 1. The number of nitrogens with zero attached hydrogens (tertiary/aromatic N) is 1. The van der Waals surface area contributed by atoms with Gasteiger partial charge in [0, 0.05) is 13.2 Å². The van der Waals surface area contributed by atoms with Crippen molar-refractivity contribution >= 4 is 14.4 Å². The standard InChI is InChI=1S/C22H45NO5Si/c1-11-22(15-24)12-13-23(19(26)27-20(3,4)5)17(14-22)18(25)16(2)28-29(9,10)21(6,7)8/h16-18,24-25H,11-15H2,1-10H3/t16-,17?,18?,22?/m0/s1. The van der Waals surface area contributed by atoms with Crippen LogP contribution in [0.25, 0.3) is 0 Å². The SMILES string of the molecule is CCC1(CO)CCN(C(=O)OC(C)(C)C)C(C(O)[C@H](C)O[Si](C)(C)C(C)(C)C)C1. The van der Waals surface area contributed by atoms with E-state index in [4.69, 9.17) is 9.16 Å². The fourth-order valence-electron chi connectivity index (χ4n) is 3.63. The second-order valence-electron chi connectivity index (χ2n) is 11.3. The smallest absolute Gasteiger partial charge is 0.410 e. The number of aliphatic hydroxyl groups excluding tert-OH is 2. The summed E-state index contributed by atoms with van der Waals surface area (Å²) in [5.74, 6) is 0. The molecule has 0 radical (unpaired) electrons. The summed E-state index contributed by atoms with van der Waals surface area (Å²) in [7, 11) is -2.08. The minimum Gasteiger partial charge on any atom is -0.444 e. The minimum atomic E-state index is -2.08. The van der Waals surface area contributed by atoms with E-state index in [1.165, 1.54) is 0 Å². The van der Waals surface area contributed by atoms with Gasteiger partial charge in [-0.05, 0) is 70.5 Å². The minimum absolute atomic E-state index is 0.0245. The molecule has 1 heterocycles. The molecule has 29 heavy (non-hydrogen) atoms. The third-order valence-electron chi connectivity index (χ3n) is 6.80. The number of hydrogen-bond donors (Lipinski definition) is 2. The van der Waals surface area contributed by atoms with Crippen molar-refractivity contribution in [3.63, 3.8) is 0 Å². The zero-order valence-corrected chi connectivity index (χ0v) is 21.3. The van der Waals surface area contributed by atoms with E-state index in [0.29, 0.717) is 19.4 Å². The lowest BCUT2D eigenvalue weighted by atomic mass is 9.72. The number of rotatable bonds is 6. The number of aliphatic hydroxyl groups is 2. The Kier molecular flexibility index (Phi) is 8.42. The topological polar surface area (TPSA) is 79.2 Å². The first-order valence-electron chi connectivity index (χ1n) is 10.9. The monoisotopic (exact) mass is 431 g/mol. The number of amides is 1. The molecule has 0 saturated carbocycles. The van der Waals surface area contributed by atoms with Crippen LogP contribution in [0.3, 0.4) is 0 Å². The van der Waals surface area contributed by atoms with E-state index in [1.807, 2.05) is 27.7 Å². The number of likely N-dealkylation sites (tertiary alicyclic amines) is 1. The third kappa shape index (κ3) is 6.67. The second kappa shape index (κ2) is 9.24. The number of carbonyl (C=O) groups is 1. The summed E-state index contributed by atoms with van der Waals surface area (Å²) >= 11 is 0. The first-order chi connectivity index (χ1) is 13.0. The highest BCUT2D eigenvalue weighted by Gasteiger charge is 2.47. The van der Waals surface area contributed by atoms with Crippen LogP contribution >= 0.6 is 0 Å². The fourth-order valence-corrected chi connectivity index (χ4v) is 5.05. The van der Waals surface area contributed by atoms with Crippen molar-refractivity contribution in [3.05, 3.63) is 0 Å². The van der Waals surface area contributed by atoms with Gasteiger partial charge < -0.3 is 24.3 Å². The molecule has 0 aromatic carbocycles. The zero-order chi connectivity index (χ0) is 22.8. The quantitative estimate of drug-likeness (QED) is 0.603. The molecule has 1 fully saturated rings. The lowest BCUT2D eigenvalue weighted by Crippen LogP contribution is -2.59.